The van der Waals surface area contributed by atoms with E-state index in [2.05, 4.69) is 38.4 Å². The molecule has 0 bridgehead atoms. The van der Waals surface area contributed by atoms with Gasteiger partial charge in [-0.25, -0.2) is 5.43 Å². The van der Waals surface area contributed by atoms with Crippen LogP contribution in [0.15, 0.2) is 41.5 Å². The van der Waals surface area contributed by atoms with E-state index < -0.39 is 11.8 Å². The number of halogens is 1. The van der Waals surface area contributed by atoms with Crippen LogP contribution in [-0.4, -0.2) is 75.0 Å². The van der Waals surface area contributed by atoms with E-state index in [1.807, 2.05) is 13.8 Å². The van der Waals surface area contributed by atoms with E-state index in [0.29, 0.717) is 71.6 Å². The molecule has 3 rings (SSSR count). The van der Waals surface area contributed by atoms with Gasteiger partial charge in [0, 0.05) is 18.8 Å². The van der Waals surface area contributed by atoms with Gasteiger partial charge in [0.2, 0.25) is 0 Å². The van der Waals surface area contributed by atoms with Gasteiger partial charge in [0.05, 0.1) is 36.2 Å². The maximum Gasteiger partial charge on any atom is 0.329 e. The first kappa shape index (κ1) is 29.2. The van der Waals surface area contributed by atoms with Gasteiger partial charge in [-0.15, -0.1) is 0 Å². The standard InChI is InChI=1S/C26H31IN4O7/c1-3-11-37-20-7-5-19(6-8-20)29-25(33)26(34)30-28-16-18-14-21(27)24(22(15-18)36-4-2)38-17-23(32)31-9-12-35-13-10-31/h5-8,14-16H,3-4,9-13,17H2,1-2H3,(H,29,33)(H,30,34)/b28-16-. The SMILES string of the molecule is CCCOc1ccc(NC(=O)C(=O)N/N=C\c2cc(I)c(OCC(=O)N3CCOCC3)c(OCC)c2)cc1. The molecule has 2 N–H and O–H groups in total. The Morgan fingerprint density at radius 1 is 1.05 bits per heavy atom. The smallest absolute Gasteiger partial charge is 0.329 e. The fourth-order valence-corrected chi connectivity index (χ4v) is 4.14. The molecule has 3 amide bonds. The molecule has 204 valence electrons. The van der Waals surface area contributed by atoms with Gasteiger partial charge in [-0.3, -0.25) is 14.4 Å². The van der Waals surface area contributed by atoms with E-state index >= 15 is 0 Å². The molecule has 0 aliphatic carbocycles. The zero-order chi connectivity index (χ0) is 27.3. The molecule has 0 radical (unpaired) electrons. The van der Waals surface area contributed by atoms with Crippen molar-refractivity contribution in [2.45, 2.75) is 20.3 Å². The van der Waals surface area contributed by atoms with Crippen LogP contribution < -0.4 is 25.0 Å². The first-order valence-corrected chi connectivity index (χ1v) is 13.3. The highest BCUT2D eigenvalue weighted by Gasteiger charge is 2.19. The number of anilines is 1. The van der Waals surface area contributed by atoms with Crippen molar-refractivity contribution in [2.24, 2.45) is 5.10 Å². The van der Waals surface area contributed by atoms with Crippen LogP contribution in [0.25, 0.3) is 0 Å². The third kappa shape index (κ3) is 8.87. The van der Waals surface area contributed by atoms with Crippen molar-refractivity contribution in [3.8, 4) is 17.2 Å². The number of nitrogens with one attached hydrogen (secondary N) is 2. The van der Waals surface area contributed by atoms with Crippen LogP contribution in [0, 0.1) is 3.57 Å². The van der Waals surface area contributed by atoms with E-state index in [1.165, 1.54) is 6.21 Å². The number of amides is 3. The minimum atomic E-state index is -0.922. The molecule has 0 unspecified atom stereocenters. The lowest BCUT2D eigenvalue weighted by atomic mass is 10.2. The molecule has 12 heteroatoms. The van der Waals surface area contributed by atoms with Crippen molar-refractivity contribution < 1.29 is 33.3 Å². The number of benzene rings is 2. The molecule has 0 saturated carbocycles. The molecule has 1 fully saturated rings. The molecule has 38 heavy (non-hydrogen) atoms. The van der Waals surface area contributed by atoms with Crippen molar-refractivity contribution in [1.29, 1.82) is 0 Å². The first-order valence-electron chi connectivity index (χ1n) is 12.2. The van der Waals surface area contributed by atoms with Crippen LogP contribution in [0.4, 0.5) is 5.69 Å². The molecule has 1 aliphatic rings. The Kier molecular flexibility index (Phi) is 11.6. The predicted octanol–water partition coefficient (Wildman–Crippen LogP) is 2.81. The largest absolute Gasteiger partial charge is 0.494 e. The lowest BCUT2D eigenvalue weighted by Gasteiger charge is -2.27. The van der Waals surface area contributed by atoms with Crippen LogP contribution in [0.1, 0.15) is 25.8 Å². The van der Waals surface area contributed by atoms with E-state index in [4.69, 9.17) is 18.9 Å². The first-order chi connectivity index (χ1) is 18.4. The molecule has 1 aliphatic heterocycles. The minimum Gasteiger partial charge on any atom is -0.494 e. The fourth-order valence-electron chi connectivity index (χ4n) is 3.36. The average molecular weight is 638 g/mol. The third-order valence-electron chi connectivity index (χ3n) is 5.21. The van der Waals surface area contributed by atoms with Gasteiger partial charge in [-0.2, -0.15) is 5.10 Å². The lowest BCUT2D eigenvalue weighted by Crippen LogP contribution is -2.43. The van der Waals surface area contributed by atoms with Crippen molar-refractivity contribution in [2.75, 3.05) is 51.4 Å². The number of nitrogens with zero attached hydrogens (tertiary/aromatic N) is 2. The number of hydrogen-bond acceptors (Lipinski definition) is 8. The second-order valence-corrected chi connectivity index (χ2v) is 9.23. The Bertz CT molecular complexity index is 1140. The Balaban J connectivity index is 1.56. The highest BCUT2D eigenvalue weighted by molar-refractivity contribution is 14.1. The molecule has 1 heterocycles. The zero-order valence-corrected chi connectivity index (χ0v) is 23.5. The number of morpholine rings is 1. The van der Waals surface area contributed by atoms with Crippen LogP contribution in [0.3, 0.4) is 0 Å². The molecule has 1 saturated heterocycles. The van der Waals surface area contributed by atoms with E-state index in [9.17, 15) is 14.4 Å². The lowest BCUT2D eigenvalue weighted by molar-refractivity contribution is -0.137. The second kappa shape index (κ2) is 15.1. The zero-order valence-electron chi connectivity index (χ0n) is 21.3. The van der Waals surface area contributed by atoms with Gasteiger partial charge in [0.15, 0.2) is 18.1 Å². The number of hydrazone groups is 1. The Morgan fingerprint density at radius 3 is 2.47 bits per heavy atom. The van der Waals surface area contributed by atoms with Crippen LogP contribution in [0.5, 0.6) is 17.2 Å². The summed E-state index contributed by atoms with van der Waals surface area (Å²) in [5, 5.41) is 6.39. The topological polar surface area (TPSA) is 128 Å². The Morgan fingerprint density at radius 2 is 1.79 bits per heavy atom. The van der Waals surface area contributed by atoms with E-state index in [0.717, 1.165) is 6.42 Å². The minimum absolute atomic E-state index is 0.122. The highest BCUT2D eigenvalue weighted by atomic mass is 127. The normalized spacial score (nSPS) is 13.2. The van der Waals surface area contributed by atoms with Crippen LogP contribution in [0.2, 0.25) is 0 Å². The highest BCUT2D eigenvalue weighted by Crippen LogP contribution is 2.34. The summed E-state index contributed by atoms with van der Waals surface area (Å²) < 4.78 is 23.0. The predicted molar refractivity (Wildman–Crippen MR) is 150 cm³/mol. The maximum atomic E-state index is 12.4. The summed E-state index contributed by atoms with van der Waals surface area (Å²) in [5.74, 6) is -0.345. The van der Waals surface area contributed by atoms with Crippen LogP contribution in [-0.2, 0) is 19.1 Å². The summed E-state index contributed by atoms with van der Waals surface area (Å²) in [4.78, 5) is 38.5. The number of carbonyl (C=O) groups excluding carboxylic acids is 3. The fraction of sp³-hybridized carbons (Fsp3) is 0.385. The molecule has 11 nitrogen and oxygen atoms in total. The third-order valence-corrected chi connectivity index (χ3v) is 6.01. The quantitative estimate of drug-likeness (QED) is 0.168. The summed E-state index contributed by atoms with van der Waals surface area (Å²) in [6.45, 7) is 6.81. The summed E-state index contributed by atoms with van der Waals surface area (Å²) in [7, 11) is 0. The number of ether oxygens (including phenoxy) is 4. The molecule has 0 atom stereocenters. The number of hydrogen-bond donors (Lipinski definition) is 2. The van der Waals surface area contributed by atoms with Gasteiger partial charge < -0.3 is 29.2 Å². The summed E-state index contributed by atoms with van der Waals surface area (Å²) >= 11 is 2.08. The van der Waals surface area contributed by atoms with E-state index in [1.54, 1.807) is 41.3 Å². The van der Waals surface area contributed by atoms with Crippen LogP contribution >= 0.6 is 22.6 Å². The molecular weight excluding hydrogens is 607 g/mol. The van der Waals surface area contributed by atoms with Gasteiger partial charge in [0.1, 0.15) is 5.75 Å². The Labute approximate surface area is 235 Å². The molecule has 2 aromatic rings. The summed E-state index contributed by atoms with van der Waals surface area (Å²) in [6.07, 6.45) is 2.28. The van der Waals surface area contributed by atoms with Crippen molar-refractivity contribution >= 4 is 52.2 Å². The molecule has 0 spiro atoms. The molecule has 0 aromatic heterocycles. The van der Waals surface area contributed by atoms with Crippen molar-refractivity contribution in [3.05, 3.63) is 45.5 Å². The number of carbonyl (C=O) groups is 3. The molecular formula is C26H31IN4O7. The van der Waals surface area contributed by atoms with Gasteiger partial charge in [-0.05, 0) is 77.9 Å². The maximum absolute atomic E-state index is 12.4. The second-order valence-electron chi connectivity index (χ2n) is 8.07. The van der Waals surface area contributed by atoms with Gasteiger partial charge >= 0.3 is 11.8 Å². The summed E-state index contributed by atoms with van der Waals surface area (Å²) in [6, 6.07) is 10.2. The van der Waals surface area contributed by atoms with E-state index in [-0.39, 0.29) is 12.5 Å². The average Bonchev–Trinajstić information content (AvgIpc) is 2.92. The number of rotatable bonds is 11. The van der Waals surface area contributed by atoms with Crippen molar-refractivity contribution in [1.82, 2.24) is 10.3 Å². The monoisotopic (exact) mass is 638 g/mol. The summed E-state index contributed by atoms with van der Waals surface area (Å²) in [5.41, 5.74) is 3.27. The Hall–Kier alpha value is -3.39. The van der Waals surface area contributed by atoms with Gasteiger partial charge in [-0.1, -0.05) is 6.92 Å². The van der Waals surface area contributed by atoms with Crippen molar-refractivity contribution in [3.63, 3.8) is 0 Å². The molecule has 2 aromatic carbocycles. The van der Waals surface area contributed by atoms with Gasteiger partial charge in [0.25, 0.3) is 5.91 Å².